The lowest BCUT2D eigenvalue weighted by Crippen LogP contribution is -2.25. The summed E-state index contributed by atoms with van der Waals surface area (Å²) in [5.74, 6) is 0.860. The van der Waals surface area contributed by atoms with Crippen LogP contribution < -0.4 is 9.47 Å². The minimum atomic E-state index is -0.264. The third kappa shape index (κ3) is 2.64. The summed E-state index contributed by atoms with van der Waals surface area (Å²) in [7, 11) is 6.02. The summed E-state index contributed by atoms with van der Waals surface area (Å²) in [6, 6.07) is 4.95. The van der Waals surface area contributed by atoms with Crippen LogP contribution in [-0.4, -0.2) is 39.3 Å². The van der Waals surface area contributed by atoms with Crippen LogP contribution in [0.2, 0.25) is 0 Å². The highest BCUT2D eigenvalue weighted by molar-refractivity contribution is 5.94. The highest BCUT2D eigenvalue weighted by Crippen LogP contribution is 2.23. The molecule has 0 fully saturated rings. The van der Waals surface area contributed by atoms with Crippen molar-refractivity contribution in [2.75, 3.05) is 28.4 Å². The summed E-state index contributed by atoms with van der Waals surface area (Å²) in [5.41, 5.74) is 0.445. The Labute approximate surface area is 94.5 Å². The van der Waals surface area contributed by atoms with Crippen molar-refractivity contribution in [1.29, 1.82) is 0 Å². The number of rotatable bonds is 4. The lowest BCUT2D eigenvalue weighted by atomic mass is 10.2. The van der Waals surface area contributed by atoms with E-state index in [9.17, 15) is 4.79 Å². The fraction of sp³-hybridized carbons (Fsp3) is 0.364. The second kappa shape index (κ2) is 5.37. The first kappa shape index (κ1) is 12.3. The molecule has 16 heavy (non-hydrogen) atoms. The molecule has 0 aliphatic rings. The van der Waals surface area contributed by atoms with Crippen molar-refractivity contribution in [3.05, 3.63) is 23.8 Å². The summed E-state index contributed by atoms with van der Waals surface area (Å²) in [5, 5.41) is 1.13. The smallest absolute Gasteiger partial charge is 0.277 e. The summed E-state index contributed by atoms with van der Waals surface area (Å²) in [4.78, 5) is 16.6. The maximum atomic E-state index is 11.8. The summed E-state index contributed by atoms with van der Waals surface area (Å²) in [6.45, 7) is 0. The molecule has 0 atom stereocenters. The average molecular weight is 225 g/mol. The van der Waals surface area contributed by atoms with Crippen LogP contribution in [0.1, 0.15) is 10.4 Å². The molecule has 0 bridgehead atoms. The van der Waals surface area contributed by atoms with Gasteiger partial charge >= 0.3 is 0 Å². The first-order valence-electron chi connectivity index (χ1n) is 4.67. The van der Waals surface area contributed by atoms with E-state index in [4.69, 9.17) is 14.3 Å². The number of ether oxygens (including phenoxy) is 2. The van der Waals surface area contributed by atoms with Crippen molar-refractivity contribution >= 4 is 5.91 Å². The lowest BCUT2D eigenvalue weighted by molar-refractivity contribution is -0.0757. The Morgan fingerprint density at radius 2 is 1.56 bits per heavy atom. The molecule has 0 aromatic heterocycles. The van der Waals surface area contributed by atoms with Crippen molar-refractivity contribution < 1.29 is 19.1 Å². The van der Waals surface area contributed by atoms with Gasteiger partial charge in [0.1, 0.15) is 11.5 Å². The summed E-state index contributed by atoms with van der Waals surface area (Å²) >= 11 is 0. The zero-order valence-corrected chi connectivity index (χ0v) is 9.81. The van der Waals surface area contributed by atoms with E-state index in [1.165, 1.54) is 28.4 Å². The molecule has 1 rings (SSSR count). The number of hydroxylamine groups is 2. The number of hydrogen-bond acceptors (Lipinski definition) is 4. The fourth-order valence-corrected chi connectivity index (χ4v) is 1.20. The van der Waals surface area contributed by atoms with Gasteiger partial charge in [-0.2, -0.15) is 0 Å². The Balaban J connectivity index is 3.07. The van der Waals surface area contributed by atoms with Gasteiger partial charge in [0, 0.05) is 18.7 Å². The number of hydrogen-bond donors (Lipinski definition) is 0. The van der Waals surface area contributed by atoms with Gasteiger partial charge in [-0.25, -0.2) is 5.06 Å². The molecule has 0 spiro atoms. The Morgan fingerprint density at radius 1 is 1.06 bits per heavy atom. The molecule has 1 aromatic rings. The topological polar surface area (TPSA) is 48.0 Å². The molecule has 0 N–H and O–H groups in total. The monoisotopic (exact) mass is 225 g/mol. The van der Waals surface area contributed by atoms with Crippen LogP contribution in [0, 0.1) is 0 Å². The predicted octanol–water partition coefficient (Wildman–Crippen LogP) is 1.34. The zero-order chi connectivity index (χ0) is 12.1. The minimum absolute atomic E-state index is 0.264. The largest absolute Gasteiger partial charge is 0.497 e. The summed E-state index contributed by atoms with van der Waals surface area (Å²) < 4.78 is 10.1. The lowest BCUT2D eigenvalue weighted by Gasteiger charge is -2.14. The van der Waals surface area contributed by atoms with Gasteiger partial charge in [-0.15, -0.1) is 0 Å². The molecule has 88 valence electrons. The first-order valence-corrected chi connectivity index (χ1v) is 4.67. The van der Waals surface area contributed by atoms with Crippen LogP contribution in [0.15, 0.2) is 18.2 Å². The highest BCUT2D eigenvalue weighted by Gasteiger charge is 2.13. The summed E-state index contributed by atoms with van der Waals surface area (Å²) in [6.07, 6.45) is 0. The minimum Gasteiger partial charge on any atom is -0.497 e. The van der Waals surface area contributed by atoms with Crippen molar-refractivity contribution in [3.8, 4) is 11.5 Å². The standard InChI is InChI=1S/C11H15NO4/c1-12(16-4)11(13)8-5-9(14-2)7-10(6-8)15-3/h5-7H,1-4H3. The highest BCUT2D eigenvalue weighted by atomic mass is 16.7. The van der Waals surface area contributed by atoms with Crippen LogP contribution >= 0.6 is 0 Å². The maximum Gasteiger partial charge on any atom is 0.277 e. The first-order chi connectivity index (χ1) is 7.62. The second-order valence-electron chi connectivity index (χ2n) is 3.09. The molecule has 0 aliphatic heterocycles. The zero-order valence-electron chi connectivity index (χ0n) is 9.81. The van der Waals surface area contributed by atoms with Gasteiger partial charge in [0.2, 0.25) is 0 Å². The number of amides is 1. The molecule has 0 unspecified atom stereocenters. The van der Waals surface area contributed by atoms with Gasteiger partial charge in [0.15, 0.2) is 0 Å². The fourth-order valence-electron chi connectivity index (χ4n) is 1.20. The molecule has 0 heterocycles. The molecule has 5 nitrogen and oxygen atoms in total. The van der Waals surface area contributed by atoms with E-state index in [1.807, 2.05) is 0 Å². The number of carbonyl (C=O) groups is 1. The van der Waals surface area contributed by atoms with Gasteiger partial charge in [-0.1, -0.05) is 0 Å². The number of benzene rings is 1. The van der Waals surface area contributed by atoms with Crippen molar-refractivity contribution in [2.24, 2.45) is 0 Å². The molecule has 0 saturated carbocycles. The number of methoxy groups -OCH3 is 2. The van der Waals surface area contributed by atoms with Gasteiger partial charge < -0.3 is 9.47 Å². The molecule has 0 saturated heterocycles. The van der Waals surface area contributed by atoms with Gasteiger partial charge in [0.25, 0.3) is 5.91 Å². The van der Waals surface area contributed by atoms with E-state index in [0.717, 1.165) is 5.06 Å². The molecule has 5 heteroatoms. The van der Waals surface area contributed by atoms with Crippen LogP contribution in [0.25, 0.3) is 0 Å². The van der Waals surface area contributed by atoms with E-state index in [0.29, 0.717) is 17.1 Å². The van der Waals surface area contributed by atoms with Crippen LogP contribution in [-0.2, 0) is 4.84 Å². The third-order valence-electron chi connectivity index (χ3n) is 2.16. The van der Waals surface area contributed by atoms with E-state index in [-0.39, 0.29) is 5.91 Å². The van der Waals surface area contributed by atoms with Crippen LogP contribution in [0.3, 0.4) is 0 Å². The number of carbonyl (C=O) groups excluding carboxylic acids is 1. The van der Waals surface area contributed by atoms with Crippen molar-refractivity contribution in [2.45, 2.75) is 0 Å². The molecular weight excluding hydrogens is 210 g/mol. The number of nitrogens with zero attached hydrogens (tertiary/aromatic N) is 1. The maximum absolute atomic E-state index is 11.8. The van der Waals surface area contributed by atoms with Gasteiger partial charge in [-0.05, 0) is 12.1 Å². The Morgan fingerprint density at radius 3 is 1.94 bits per heavy atom. The van der Waals surface area contributed by atoms with Gasteiger partial charge in [-0.3, -0.25) is 9.63 Å². The average Bonchev–Trinajstić information content (AvgIpc) is 2.35. The molecule has 0 radical (unpaired) electrons. The Bertz CT molecular complexity index is 356. The molecular formula is C11H15NO4. The SMILES string of the molecule is COc1cc(OC)cc(C(=O)N(C)OC)c1. The molecule has 1 aromatic carbocycles. The third-order valence-corrected chi connectivity index (χ3v) is 2.16. The van der Waals surface area contributed by atoms with E-state index in [1.54, 1.807) is 18.2 Å². The predicted molar refractivity (Wildman–Crippen MR) is 58.6 cm³/mol. The molecule has 0 aliphatic carbocycles. The van der Waals surface area contributed by atoms with Gasteiger partial charge in [0.05, 0.1) is 21.3 Å². The quantitative estimate of drug-likeness (QED) is 0.725. The van der Waals surface area contributed by atoms with Crippen molar-refractivity contribution in [1.82, 2.24) is 5.06 Å². The van der Waals surface area contributed by atoms with E-state index in [2.05, 4.69) is 0 Å². The Kier molecular flexibility index (Phi) is 4.13. The van der Waals surface area contributed by atoms with Crippen LogP contribution in [0.4, 0.5) is 0 Å². The van der Waals surface area contributed by atoms with Crippen molar-refractivity contribution in [3.63, 3.8) is 0 Å². The molecule has 1 amide bonds. The van der Waals surface area contributed by atoms with E-state index >= 15 is 0 Å². The van der Waals surface area contributed by atoms with E-state index < -0.39 is 0 Å². The normalized spacial score (nSPS) is 9.75. The Hall–Kier alpha value is -1.75. The second-order valence-corrected chi connectivity index (χ2v) is 3.09. The van der Waals surface area contributed by atoms with Crippen LogP contribution in [0.5, 0.6) is 11.5 Å².